The summed E-state index contributed by atoms with van der Waals surface area (Å²) < 4.78 is 1.66. The van der Waals surface area contributed by atoms with Crippen LogP contribution in [0.15, 0.2) is 12.1 Å². The molecule has 0 atom stereocenters. The molecule has 140 valence electrons. The van der Waals surface area contributed by atoms with E-state index in [2.05, 4.69) is 34.1 Å². The maximum absolute atomic E-state index is 12.8. The lowest BCUT2D eigenvalue weighted by Gasteiger charge is -2.22. The number of amides is 1. The van der Waals surface area contributed by atoms with Crippen molar-refractivity contribution in [3.05, 3.63) is 29.2 Å². The molecule has 1 saturated heterocycles. The van der Waals surface area contributed by atoms with Crippen molar-refractivity contribution in [2.24, 2.45) is 7.05 Å². The second kappa shape index (κ2) is 7.85. The molecule has 3 rings (SSSR count). The fourth-order valence-corrected chi connectivity index (χ4v) is 3.18. The smallest absolute Gasteiger partial charge is 0.275 e. The highest BCUT2D eigenvalue weighted by atomic mass is 16.2. The maximum Gasteiger partial charge on any atom is 0.275 e. The van der Waals surface area contributed by atoms with Crippen molar-refractivity contribution in [2.45, 2.75) is 52.4 Å². The summed E-state index contributed by atoms with van der Waals surface area (Å²) in [5.74, 6) is 1.33. The number of aromatic nitrogens is 4. The quantitative estimate of drug-likeness (QED) is 0.910. The van der Waals surface area contributed by atoms with Crippen molar-refractivity contribution in [2.75, 3.05) is 23.3 Å². The Morgan fingerprint density at radius 2 is 1.81 bits per heavy atom. The first-order valence-corrected chi connectivity index (χ1v) is 9.40. The molecule has 26 heavy (non-hydrogen) atoms. The van der Waals surface area contributed by atoms with Gasteiger partial charge in [-0.3, -0.25) is 9.48 Å². The zero-order chi connectivity index (χ0) is 18.7. The first kappa shape index (κ1) is 18.4. The largest absolute Gasteiger partial charge is 0.341 e. The second-order valence-corrected chi connectivity index (χ2v) is 7.28. The van der Waals surface area contributed by atoms with Gasteiger partial charge < -0.3 is 10.2 Å². The van der Waals surface area contributed by atoms with Crippen molar-refractivity contribution >= 4 is 17.7 Å². The van der Waals surface area contributed by atoms with E-state index in [0.717, 1.165) is 37.3 Å². The predicted octanol–water partition coefficient (Wildman–Crippen LogP) is 3.27. The molecule has 0 radical (unpaired) electrons. The second-order valence-electron chi connectivity index (χ2n) is 7.28. The monoisotopic (exact) mass is 356 g/mol. The standard InChI is InChI=1S/C19H28N6O/c1-13(2)15-12-16(18(26)22-17-11-14(3)23-24(17)4)21-19(20-15)25-9-7-5-6-8-10-25/h11-13H,5-10H2,1-4H3,(H,22,26). The predicted molar refractivity (Wildman–Crippen MR) is 103 cm³/mol. The van der Waals surface area contributed by atoms with Gasteiger partial charge in [0.1, 0.15) is 11.5 Å². The van der Waals surface area contributed by atoms with E-state index in [4.69, 9.17) is 4.98 Å². The Morgan fingerprint density at radius 1 is 1.12 bits per heavy atom. The molecule has 1 amide bonds. The average Bonchev–Trinajstić information content (AvgIpc) is 2.82. The van der Waals surface area contributed by atoms with Gasteiger partial charge in [0.15, 0.2) is 0 Å². The zero-order valence-corrected chi connectivity index (χ0v) is 16.1. The van der Waals surface area contributed by atoms with Crippen molar-refractivity contribution in [3.63, 3.8) is 0 Å². The van der Waals surface area contributed by atoms with Crippen LogP contribution in [0.5, 0.6) is 0 Å². The molecular formula is C19H28N6O. The highest BCUT2D eigenvalue weighted by Crippen LogP contribution is 2.21. The van der Waals surface area contributed by atoms with Gasteiger partial charge in [-0.15, -0.1) is 0 Å². The van der Waals surface area contributed by atoms with Crippen molar-refractivity contribution in [1.82, 2.24) is 19.7 Å². The first-order chi connectivity index (χ1) is 12.4. The van der Waals surface area contributed by atoms with Crippen LogP contribution in [0.4, 0.5) is 11.8 Å². The molecular weight excluding hydrogens is 328 g/mol. The van der Waals surface area contributed by atoms with E-state index in [-0.39, 0.29) is 11.8 Å². The van der Waals surface area contributed by atoms with Gasteiger partial charge in [0.2, 0.25) is 5.95 Å². The number of anilines is 2. The molecule has 0 saturated carbocycles. The molecule has 1 N–H and O–H groups in total. The van der Waals surface area contributed by atoms with E-state index in [1.54, 1.807) is 10.7 Å². The van der Waals surface area contributed by atoms with Gasteiger partial charge >= 0.3 is 0 Å². The molecule has 0 aromatic carbocycles. The minimum atomic E-state index is -0.228. The highest BCUT2D eigenvalue weighted by molar-refractivity contribution is 6.02. The summed E-state index contributed by atoms with van der Waals surface area (Å²) in [7, 11) is 1.81. The highest BCUT2D eigenvalue weighted by Gasteiger charge is 2.19. The summed E-state index contributed by atoms with van der Waals surface area (Å²) in [6.45, 7) is 7.96. The summed E-state index contributed by atoms with van der Waals surface area (Å²) in [5.41, 5.74) is 2.16. The number of hydrogen-bond donors (Lipinski definition) is 1. The summed E-state index contributed by atoms with van der Waals surface area (Å²) in [4.78, 5) is 24.3. The van der Waals surface area contributed by atoms with E-state index in [0.29, 0.717) is 17.5 Å². The Labute approximate surface area is 154 Å². The van der Waals surface area contributed by atoms with Crippen molar-refractivity contribution < 1.29 is 4.79 Å². The summed E-state index contributed by atoms with van der Waals surface area (Å²) in [6, 6.07) is 3.64. The maximum atomic E-state index is 12.8. The number of aryl methyl sites for hydroxylation is 2. The van der Waals surface area contributed by atoms with Crippen LogP contribution in [0.1, 0.15) is 67.3 Å². The minimum absolute atomic E-state index is 0.228. The molecule has 0 bridgehead atoms. The van der Waals surface area contributed by atoms with E-state index in [1.165, 1.54) is 12.8 Å². The molecule has 3 heterocycles. The van der Waals surface area contributed by atoms with Crippen LogP contribution in [-0.4, -0.2) is 38.7 Å². The number of rotatable bonds is 4. The van der Waals surface area contributed by atoms with E-state index < -0.39 is 0 Å². The Hall–Kier alpha value is -2.44. The molecule has 0 spiro atoms. The molecule has 2 aromatic rings. The van der Waals surface area contributed by atoms with Gasteiger partial charge in [0, 0.05) is 31.9 Å². The molecule has 1 aliphatic rings. The number of hydrogen-bond acceptors (Lipinski definition) is 5. The van der Waals surface area contributed by atoms with Crippen LogP contribution in [0.25, 0.3) is 0 Å². The number of nitrogens with one attached hydrogen (secondary N) is 1. The molecule has 1 fully saturated rings. The third-order valence-electron chi connectivity index (χ3n) is 4.69. The Bertz CT molecular complexity index is 774. The number of nitrogens with zero attached hydrogens (tertiary/aromatic N) is 5. The van der Waals surface area contributed by atoms with Crippen molar-refractivity contribution in [3.8, 4) is 0 Å². The number of carbonyl (C=O) groups is 1. The Kier molecular flexibility index (Phi) is 5.54. The van der Waals surface area contributed by atoms with Gasteiger partial charge in [-0.25, -0.2) is 9.97 Å². The van der Waals surface area contributed by atoms with Gasteiger partial charge in [0.05, 0.1) is 5.69 Å². The Morgan fingerprint density at radius 3 is 2.38 bits per heavy atom. The zero-order valence-electron chi connectivity index (χ0n) is 16.1. The lowest BCUT2D eigenvalue weighted by Crippen LogP contribution is -2.28. The topological polar surface area (TPSA) is 75.9 Å². The third kappa shape index (κ3) is 4.20. The minimum Gasteiger partial charge on any atom is -0.341 e. The molecule has 7 nitrogen and oxygen atoms in total. The van der Waals surface area contributed by atoms with Gasteiger partial charge in [-0.1, -0.05) is 26.7 Å². The normalized spacial score (nSPS) is 15.2. The fraction of sp³-hybridized carbons (Fsp3) is 0.579. The van der Waals surface area contributed by atoms with E-state index in [1.807, 2.05) is 20.0 Å². The van der Waals surface area contributed by atoms with Crippen molar-refractivity contribution in [1.29, 1.82) is 0 Å². The summed E-state index contributed by atoms with van der Waals surface area (Å²) >= 11 is 0. The van der Waals surface area contributed by atoms with Crippen LogP contribution < -0.4 is 10.2 Å². The summed E-state index contributed by atoms with van der Waals surface area (Å²) in [6.07, 6.45) is 4.78. The summed E-state index contributed by atoms with van der Waals surface area (Å²) in [5, 5.41) is 7.17. The fourth-order valence-electron chi connectivity index (χ4n) is 3.18. The van der Waals surface area contributed by atoms with Crippen LogP contribution in [-0.2, 0) is 7.05 Å². The van der Waals surface area contributed by atoms with E-state index in [9.17, 15) is 4.79 Å². The lowest BCUT2D eigenvalue weighted by atomic mass is 10.1. The molecule has 7 heteroatoms. The van der Waals surface area contributed by atoms with Crippen LogP contribution in [0.2, 0.25) is 0 Å². The van der Waals surface area contributed by atoms with Crippen LogP contribution in [0, 0.1) is 6.92 Å². The van der Waals surface area contributed by atoms with Gasteiger partial charge in [-0.2, -0.15) is 5.10 Å². The third-order valence-corrected chi connectivity index (χ3v) is 4.69. The molecule has 1 aliphatic heterocycles. The van der Waals surface area contributed by atoms with Crippen LogP contribution >= 0.6 is 0 Å². The molecule has 0 unspecified atom stereocenters. The SMILES string of the molecule is Cc1cc(NC(=O)c2cc(C(C)C)nc(N3CCCCCC3)n2)n(C)n1. The Balaban J connectivity index is 1.89. The first-order valence-electron chi connectivity index (χ1n) is 9.40. The average molecular weight is 356 g/mol. The lowest BCUT2D eigenvalue weighted by molar-refractivity contribution is 0.102. The molecule has 0 aliphatic carbocycles. The number of carbonyl (C=O) groups excluding carboxylic acids is 1. The van der Waals surface area contributed by atoms with Gasteiger partial charge in [-0.05, 0) is 31.7 Å². The van der Waals surface area contributed by atoms with Gasteiger partial charge in [0.25, 0.3) is 5.91 Å². The van der Waals surface area contributed by atoms with E-state index >= 15 is 0 Å². The van der Waals surface area contributed by atoms with Crippen LogP contribution in [0.3, 0.4) is 0 Å². The molecule has 2 aromatic heterocycles.